The van der Waals surface area contributed by atoms with Crippen LogP contribution in [0.2, 0.25) is 0 Å². The SMILES string of the molecule is CC(c1cccc(C(F)(F)F)c1)N(Cc1cccc(C#N)c1)C1CC1. The summed E-state index contributed by atoms with van der Waals surface area (Å²) in [5.74, 6) is 0. The highest BCUT2D eigenvalue weighted by atomic mass is 19.4. The highest BCUT2D eigenvalue weighted by Gasteiger charge is 2.34. The molecular weight excluding hydrogens is 325 g/mol. The predicted molar refractivity (Wildman–Crippen MR) is 89.6 cm³/mol. The molecule has 0 aromatic heterocycles. The lowest BCUT2D eigenvalue weighted by Crippen LogP contribution is -2.29. The second-order valence-electron chi connectivity index (χ2n) is 6.51. The van der Waals surface area contributed by atoms with Crippen molar-refractivity contribution in [2.75, 3.05) is 0 Å². The maximum absolute atomic E-state index is 13.0. The fourth-order valence-electron chi connectivity index (χ4n) is 3.10. The van der Waals surface area contributed by atoms with E-state index in [0.717, 1.165) is 24.5 Å². The summed E-state index contributed by atoms with van der Waals surface area (Å²) in [5, 5.41) is 9.04. The van der Waals surface area contributed by atoms with Gasteiger partial charge < -0.3 is 0 Å². The van der Waals surface area contributed by atoms with Gasteiger partial charge >= 0.3 is 6.18 Å². The number of hydrogen-bond acceptors (Lipinski definition) is 2. The molecule has 25 heavy (non-hydrogen) atoms. The number of benzene rings is 2. The van der Waals surface area contributed by atoms with Crippen molar-refractivity contribution in [2.45, 2.75) is 44.6 Å². The van der Waals surface area contributed by atoms with Gasteiger partial charge in [-0.3, -0.25) is 4.90 Å². The lowest BCUT2D eigenvalue weighted by atomic mass is 10.0. The number of rotatable bonds is 5. The Labute approximate surface area is 145 Å². The number of hydrogen-bond donors (Lipinski definition) is 0. The van der Waals surface area contributed by atoms with E-state index < -0.39 is 11.7 Å². The van der Waals surface area contributed by atoms with Crippen LogP contribution in [0, 0.1) is 11.3 Å². The molecule has 1 fully saturated rings. The minimum Gasteiger partial charge on any atom is -0.289 e. The Bertz CT molecular complexity index is 788. The van der Waals surface area contributed by atoms with Gasteiger partial charge in [-0.2, -0.15) is 18.4 Å². The van der Waals surface area contributed by atoms with E-state index in [0.29, 0.717) is 23.7 Å². The molecule has 1 unspecified atom stereocenters. The fraction of sp³-hybridized carbons (Fsp3) is 0.350. The van der Waals surface area contributed by atoms with Crippen molar-refractivity contribution in [3.8, 4) is 6.07 Å². The van der Waals surface area contributed by atoms with Crippen molar-refractivity contribution in [1.82, 2.24) is 4.90 Å². The first kappa shape index (κ1) is 17.5. The van der Waals surface area contributed by atoms with Crippen LogP contribution in [0.3, 0.4) is 0 Å². The summed E-state index contributed by atoms with van der Waals surface area (Å²) < 4.78 is 39.0. The van der Waals surface area contributed by atoms with Crippen molar-refractivity contribution >= 4 is 0 Å². The summed E-state index contributed by atoms with van der Waals surface area (Å²) in [6.45, 7) is 2.57. The summed E-state index contributed by atoms with van der Waals surface area (Å²) in [5.41, 5.74) is 1.65. The first-order valence-electron chi connectivity index (χ1n) is 8.30. The van der Waals surface area contributed by atoms with Crippen molar-refractivity contribution in [1.29, 1.82) is 5.26 Å². The fourth-order valence-corrected chi connectivity index (χ4v) is 3.10. The van der Waals surface area contributed by atoms with Crippen LogP contribution in [0.1, 0.15) is 48.1 Å². The van der Waals surface area contributed by atoms with Crippen LogP contribution >= 0.6 is 0 Å². The van der Waals surface area contributed by atoms with Crippen LogP contribution in [-0.2, 0) is 12.7 Å². The van der Waals surface area contributed by atoms with Crippen molar-refractivity contribution in [3.63, 3.8) is 0 Å². The molecule has 0 bridgehead atoms. The first-order valence-corrected chi connectivity index (χ1v) is 8.30. The second kappa shape index (κ2) is 6.89. The molecule has 0 spiro atoms. The first-order chi connectivity index (χ1) is 11.9. The zero-order chi connectivity index (χ0) is 18.0. The smallest absolute Gasteiger partial charge is 0.289 e. The van der Waals surface area contributed by atoms with E-state index in [1.807, 2.05) is 25.1 Å². The Morgan fingerprint density at radius 1 is 1.16 bits per heavy atom. The number of nitriles is 1. The van der Waals surface area contributed by atoms with E-state index in [4.69, 9.17) is 5.26 Å². The summed E-state index contributed by atoms with van der Waals surface area (Å²) in [4.78, 5) is 2.23. The third kappa shape index (κ3) is 4.21. The van der Waals surface area contributed by atoms with E-state index in [2.05, 4.69) is 11.0 Å². The van der Waals surface area contributed by atoms with E-state index in [1.165, 1.54) is 12.1 Å². The van der Waals surface area contributed by atoms with E-state index in [1.54, 1.807) is 12.1 Å². The molecule has 3 rings (SSSR count). The molecule has 5 heteroatoms. The maximum atomic E-state index is 13.0. The van der Waals surface area contributed by atoms with Crippen LogP contribution < -0.4 is 0 Å². The topological polar surface area (TPSA) is 27.0 Å². The molecule has 0 aliphatic heterocycles. The van der Waals surface area contributed by atoms with Gasteiger partial charge in [0.05, 0.1) is 17.2 Å². The highest BCUT2D eigenvalue weighted by molar-refractivity contribution is 5.33. The van der Waals surface area contributed by atoms with Crippen molar-refractivity contribution in [3.05, 3.63) is 70.8 Å². The third-order valence-corrected chi connectivity index (χ3v) is 4.63. The van der Waals surface area contributed by atoms with Crippen LogP contribution in [0.15, 0.2) is 48.5 Å². The molecule has 2 aromatic carbocycles. The number of nitrogens with zero attached hydrogens (tertiary/aromatic N) is 2. The van der Waals surface area contributed by atoms with Gasteiger partial charge in [-0.15, -0.1) is 0 Å². The molecule has 0 saturated heterocycles. The molecule has 2 aromatic rings. The van der Waals surface area contributed by atoms with Gasteiger partial charge in [-0.1, -0.05) is 24.3 Å². The monoisotopic (exact) mass is 344 g/mol. The molecule has 0 amide bonds. The second-order valence-corrected chi connectivity index (χ2v) is 6.51. The molecule has 1 saturated carbocycles. The molecule has 0 heterocycles. The van der Waals surface area contributed by atoms with Crippen LogP contribution in [-0.4, -0.2) is 10.9 Å². The normalized spacial score (nSPS) is 15.8. The molecule has 1 aliphatic rings. The quantitative estimate of drug-likeness (QED) is 0.736. The van der Waals surface area contributed by atoms with Gasteiger partial charge in [0.1, 0.15) is 0 Å². The van der Waals surface area contributed by atoms with Gasteiger partial charge in [0.25, 0.3) is 0 Å². The lowest BCUT2D eigenvalue weighted by molar-refractivity contribution is -0.137. The average Bonchev–Trinajstić information content (AvgIpc) is 3.43. The average molecular weight is 344 g/mol. The standard InChI is InChI=1S/C20H19F3N2/c1-14(17-6-3-7-18(11-17)20(21,22)23)25(19-8-9-19)13-16-5-2-4-15(10-16)12-24/h2-7,10-11,14,19H,8-9,13H2,1H3. The third-order valence-electron chi connectivity index (χ3n) is 4.63. The van der Waals surface area contributed by atoms with Crippen LogP contribution in [0.4, 0.5) is 13.2 Å². The Balaban J connectivity index is 1.84. The highest BCUT2D eigenvalue weighted by Crippen LogP contribution is 2.37. The van der Waals surface area contributed by atoms with Crippen molar-refractivity contribution in [2.24, 2.45) is 0 Å². The molecule has 1 atom stereocenters. The van der Waals surface area contributed by atoms with Gasteiger partial charge in [-0.25, -0.2) is 0 Å². The van der Waals surface area contributed by atoms with Crippen LogP contribution in [0.25, 0.3) is 0 Å². The van der Waals surface area contributed by atoms with Crippen LogP contribution in [0.5, 0.6) is 0 Å². The number of halogens is 3. The minimum atomic E-state index is -4.33. The molecule has 1 aliphatic carbocycles. The molecule has 2 nitrogen and oxygen atoms in total. The lowest BCUT2D eigenvalue weighted by Gasteiger charge is -2.30. The Morgan fingerprint density at radius 3 is 2.52 bits per heavy atom. The Kier molecular flexibility index (Phi) is 4.82. The Hall–Kier alpha value is -2.32. The Morgan fingerprint density at radius 2 is 1.88 bits per heavy atom. The molecule has 0 radical (unpaired) electrons. The zero-order valence-corrected chi connectivity index (χ0v) is 13.9. The van der Waals surface area contributed by atoms with Gasteiger partial charge in [0.2, 0.25) is 0 Å². The predicted octanol–water partition coefficient (Wildman–Crippen LogP) is 5.30. The summed E-state index contributed by atoms with van der Waals surface area (Å²) in [6, 6.07) is 15.3. The van der Waals surface area contributed by atoms with E-state index in [-0.39, 0.29) is 6.04 Å². The largest absolute Gasteiger partial charge is 0.416 e. The summed E-state index contributed by atoms with van der Waals surface area (Å²) in [6.07, 6.45) is -2.22. The van der Waals surface area contributed by atoms with E-state index in [9.17, 15) is 13.2 Å². The van der Waals surface area contributed by atoms with Crippen molar-refractivity contribution < 1.29 is 13.2 Å². The van der Waals surface area contributed by atoms with Gasteiger partial charge in [0, 0.05) is 18.6 Å². The molecule has 0 N–H and O–H groups in total. The zero-order valence-electron chi connectivity index (χ0n) is 13.9. The summed E-state index contributed by atoms with van der Waals surface area (Å²) in [7, 11) is 0. The van der Waals surface area contributed by atoms with Gasteiger partial charge in [0.15, 0.2) is 0 Å². The molecular formula is C20H19F3N2. The minimum absolute atomic E-state index is 0.124. The summed E-state index contributed by atoms with van der Waals surface area (Å²) >= 11 is 0. The van der Waals surface area contributed by atoms with E-state index >= 15 is 0 Å². The molecule has 130 valence electrons. The van der Waals surface area contributed by atoms with Gasteiger partial charge in [-0.05, 0) is 55.2 Å². The maximum Gasteiger partial charge on any atom is 0.416 e. The number of alkyl halides is 3.